The Bertz CT molecular complexity index is 284. The van der Waals surface area contributed by atoms with Crippen LogP contribution in [0.15, 0.2) is 0 Å². The Morgan fingerprint density at radius 3 is 1.71 bits per heavy atom. The summed E-state index contributed by atoms with van der Waals surface area (Å²) in [6.45, 7) is 0. The van der Waals surface area contributed by atoms with Gasteiger partial charge < -0.3 is 20.0 Å². The van der Waals surface area contributed by atoms with Crippen molar-refractivity contribution in [3.05, 3.63) is 0 Å². The quantitative estimate of drug-likeness (QED) is 0.473. The molecule has 2 unspecified atom stereocenters. The number of hydrogen-bond donors (Lipinski definition) is 4. The van der Waals surface area contributed by atoms with Crippen molar-refractivity contribution in [3.8, 4) is 0 Å². The second-order valence-corrected chi connectivity index (χ2v) is 5.08. The van der Waals surface area contributed by atoms with Crippen LogP contribution in [0.3, 0.4) is 0 Å². The van der Waals surface area contributed by atoms with E-state index in [0.717, 1.165) is 0 Å². The van der Waals surface area contributed by atoms with Crippen molar-refractivity contribution in [1.82, 2.24) is 0 Å². The van der Waals surface area contributed by atoms with Crippen LogP contribution in [-0.2, 0) is 14.2 Å². The third-order valence-corrected chi connectivity index (χ3v) is 3.83. The van der Waals surface area contributed by atoms with Gasteiger partial charge in [0.15, 0.2) is 5.66 Å². The lowest BCUT2D eigenvalue weighted by atomic mass is 10.3. The molecule has 9 heteroatoms. The first kappa shape index (κ1) is 13.4. The first-order valence-corrected chi connectivity index (χ1v) is 6.22. The molecule has 0 amide bonds. The molecule has 0 heterocycles. The van der Waals surface area contributed by atoms with E-state index in [1.807, 2.05) is 0 Å². The second-order valence-electron chi connectivity index (χ2n) is 2.37. The van der Waals surface area contributed by atoms with E-state index in [9.17, 15) is 14.2 Å². The second kappa shape index (κ2) is 4.79. The van der Waals surface area contributed by atoms with Crippen LogP contribution < -0.4 is 0 Å². The third kappa shape index (κ3) is 3.30. The fourth-order valence-corrected chi connectivity index (χ4v) is 3.00. The first-order valence-electron chi connectivity index (χ1n) is 3.25. The fraction of sp³-hybridized carbons (Fsp3) is 0.600. The number of rotatable bonds is 5. The Hall–Kier alpha value is -0.560. The van der Waals surface area contributed by atoms with E-state index < -0.39 is 30.4 Å². The molecule has 4 N–H and O–H groups in total. The smallest absolute Gasteiger partial charge is 0.341 e. The average Bonchev–Trinajstić information content (AvgIpc) is 1.95. The Kier molecular flexibility index (Phi) is 4.60. The fourth-order valence-electron chi connectivity index (χ4n) is 0.815. The molecule has 0 saturated heterocycles. The summed E-state index contributed by atoms with van der Waals surface area (Å²) in [6, 6.07) is 0. The molecule has 0 rings (SSSR count). The number of carboxylic acid groups (broad SMARTS) is 2. The van der Waals surface area contributed by atoms with E-state index in [1.54, 1.807) is 0 Å². The molecule has 2 atom stereocenters. The predicted octanol–water partition coefficient (Wildman–Crippen LogP) is -0.567. The number of hydrogen-bond acceptors (Lipinski definition) is 4. The molecule has 0 fully saturated rings. The number of carboxylic acids is 2. The van der Waals surface area contributed by atoms with Crippen molar-refractivity contribution in [2.24, 2.45) is 0 Å². The standard InChI is InChI=1S/C5H9O7PS/c1-14-3(5(8)9)2(4(6)7)13(10,11)12/h2-3H,1H3,(H,6,7)(H,8,9)(H2,10,11,12). The molecular weight excluding hydrogens is 235 g/mol. The Labute approximate surface area is 83.3 Å². The van der Waals surface area contributed by atoms with E-state index in [-0.39, 0.29) is 0 Å². The van der Waals surface area contributed by atoms with Crippen molar-refractivity contribution in [3.63, 3.8) is 0 Å². The van der Waals surface area contributed by atoms with Crippen LogP contribution in [0.1, 0.15) is 0 Å². The van der Waals surface area contributed by atoms with Crippen LogP contribution in [-0.4, -0.2) is 49.1 Å². The molecule has 0 aromatic carbocycles. The van der Waals surface area contributed by atoms with Gasteiger partial charge in [-0.2, -0.15) is 0 Å². The zero-order valence-electron chi connectivity index (χ0n) is 7.02. The Morgan fingerprint density at radius 2 is 1.64 bits per heavy atom. The van der Waals surface area contributed by atoms with Crippen LogP contribution in [0.2, 0.25) is 0 Å². The lowest BCUT2D eigenvalue weighted by molar-refractivity contribution is -0.142. The molecule has 0 radical (unpaired) electrons. The summed E-state index contributed by atoms with van der Waals surface area (Å²) < 4.78 is 10.7. The van der Waals surface area contributed by atoms with E-state index in [2.05, 4.69) is 0 Å². The van der Waals surface area contributed by atoms with Gasteiger partial charge in [0.1, 0.15) is 5.25 Å². The van der Waals surface area contributed by atoms with Gasteiger partial charge in [0.25, 0.3) is 0 Å². The highest BCUT2D eigenvalue weighted by Crippen LogP contribution is 2.45. The molecule has 14 heavy (non-hydrogen) atoms. The molecule has 0 saturated carbocycles. The summed E-state index contributed by atoms with van der Waals surface area (Å²) in [7, 11) is -4.96. The molecule has 0 aliphatic heterocycles. The van der Waals surface area contributed by atoms with Crippen molar-refractivity contribution in [1.29, 1.82) is 0 Å². The van der Waals surface area contributed by atoms with Crippen molar-refractivity contribution in [2.45, 2.75) is 10.9 Å². The Morgan fingerprint density at radius 1 is 1.21 bits per heavy atom. The topological polar surface area (TPSA) is 132 Å². The summed E-state index contributed by atoms with van der Waals surface area (Å²) in [5, 5.41) is 15.4. The summed E-state index contributed by atoms with van der Waals surface area (Å²) in [5.41, 5.74) is -2.21. The number of thioether (sulfide) groups is 1. The minimum atomic E-state index is -4.96. The minimum absolute atomic E-state index is 0.569. The lowest BCUT2D eigenvalue weighted by Gasteiger charge is -2.19. The van der Waals surface area contributed by atoms with Crippen molar-refractivity contribution in [2.75, 3.05) is 6.26 Å². The molecular formula is C5H9O7PS. The molecule has 0 aromatic heterocycles. The van der Waals surface area contributed by atoms with E-state index >= 15 is 0 Å². The predicted molar refractivity (Wildman–Crippen MR) is 48.4 cm³/mol. The molecule has 82 valence electrons. The third-order valence-electron chi connectivity index (χ3n) is 1.40. The van der Waals surface area contributed by atoms with Gasteiger partial charge in [-0.25, -0.2) is 0 Å². The van der Waals surface area contributed by atoms with Crippen molar-refractivity contribution >= 4 is 31.3 Å². The van der Waals surface area contributed by atoms with E-state index in [4.69, 9.17) is 20.0 Å². The molecule has 0 aliphatic rings. The van der Waals surface area contributed by atoms with E-state index in [1.165, 1.54) is 6.26 Å². The first-order chi connectivity index (χ1) is 6.21. The molecule has 0 aliphatic carbocycles. The zero-order chi connectivity index (χ0) is 11.5. The minimum Gasteiger partial charge on any atom is -0.481 e. The Balaban J connectivity index is 5.10. The van der Waals surface area contributed by atoms with Gasteiger partial charge in [-0.15, -0.1) is 11.8 Å². The van der Waals surface area contributed by atoms with Gasteiger partial charge in [0.2, 0.25) is 0 Å². The molecule has 7 nitrogen and oxygen atoms in total. The van der Waals surface area contributed by atoms with Gasteiger partial charge in [-0.1, -0.05) is 0 Å². The normalized spacial score (nSPS) is 15.9. The number of carbonyl (C=O) groups is 2. The highest BCUT2D eigenvalue weighted by Gasteiger charge is 2.45. The molecule has 0 spiro atoms. The zero-order valence-corrected chi connectivity index (χ0v) is 8.73. The summed E-state index contributed by atoms with van der Waals surface area (Å²) in [5.74, 6) is -3.38. The van der Waals surface area contributed by atoms with Crippen LogP contribution in [0, 0.1) is 0 Å². The lowest BCUT2D eigenvalue weighted by Crippen LogP contribution is -2.37. The summed E-state index contributed by atoms with van der Waals surface area (Å²) >= 11 is 0.569. The molecule has 0 bridgehead atoms. The highest BCUT2D eigenvalue weighted by molar-refractivity contribution is 8.00. The van der Waals surface area contributed by atoms with Gasteiger partial charge >= 0.3 is 19.5 Å². The summed E-state index contributed by atoms with van der Waals surface area (Å²) in [6.07, 6.45) is 1.27. The van der Waals surface area contributed by atoms with Crippen molar-refractivity contribution < 1.29 is 34.2 Å². The maximum Gasteiger partial charge on any atom is 0.341 e. The van der Waals surface area contributed by atoms with Gasteiger partial charge in [0, 0.05) is 0 Å². The average molecular weight is 244 g/mol. The SMILES string of the molecule is CSC(C(=O)O)C(C(=O)O)P(=O)(O)O. The van der Waals surface area contributed by atoms with Crippen LogP contribution >= 0.6 is 19.4 Å². The van der Waals surface area contributed by atoms with Crippen LogP contribution in [0.25, 0.3) is 0 Å². The van der Waals surface area contributed by atoms with E-state index in [0.29, 0.717) is 11.8 Å². The van der Waals surface area contributed by atoms with Gasteiger partial charge in [-0.05, 0) is 6.26 Å². The largest absolute Gasteiger partial charge is 0.481 e. The monoisotopic (exact) mass is 244 g/mol. The maximum absolute atomic E-state index is 10.7. The maximum atomic E-state index is 10.7. The van der Waals surface area contributed by atoms with Gasteiger partial charge in [0.05, 0.1) is 0 Å². The number of aliphatic carboxylic acids is 2. The van der Waals surface area contributed by atoms with Crippen LogP contribution in [0.4, 0.5) is 0 Å². The molecule has 0 aromatic rings. The van der Waals surface area contributed by atoms with Gasteiger partial charge in [-0.3, -0.25) is 14.2 Å². The highest BCUT2D eigenvalue weighted by atomic mass is 32.2. The van der Waals surface area contributed by atoms with Crippen LogP contribution in [0.5, 0.6) is 0 Å². The summed E-state index contributed by atoms with van der Waals surface area (Å²) in [4.78, 5) is 38.3.